The molecule has 2 fully saturated rings. The summed E-state index contributed by atoms with van der Waals surface area (Å²) < 4.78 is 5.76. The number of aliphatic carboxylic acids is 1. The van der Waals surface area contributed by atoms with E-state index in [1.165, 1.54) is 12.8 Å². The van der Waals surface area contributed by atoms with Crippen LogP contribution in [0.1, 0.15) is 40.0 Å². The van der Waals surface area contributed by atoms with Crippen molar-refractivity contribution in [3.63, 3.8) is 0 Å². The molecule has 5 unspecified atom stereocenters. The fourth-order valence-electron chi connectivity index (χ4n) is 4.10. The normalized spacial score (nSPS) is 31.6. The molecule has 26 heavy (non-hydrogen) atoms. The van der Waals surface area contributed by atoms with Crippen LogP contribution in [0.15, 0.2) is 0 Å². The van der Waals surface area contributed by atoms with Gasteiger partial charge in [-0.15, -0.1) is 0 Å². The number of ether oxygens (including phenoxy) is 1. The highest BCUT2D eigenvalue weighted by Crippen LogP contribution is 2.29. The highest BCUT2D eigenvalue weighted by Gasteiger charge is 2.32. The molecule has 7 nitrogen and oxygen atoms in total. The van der Waals surface area contributed by atoms with Gasteiger partial charge in [0.1, 0.15) is 0 Å². The zero-order chi connectivity index (χ0) is 19.3. The van der Waals surface area contributed by atoms with Crippen LogP contribution in [-0.2, 0) is 14.3 Å². The summed E-state index contributed by atoms with van der Waals surface area (Å²) in [7, 11) is 1.78. The van der Waals surface area contributed by atoms with E-state index in [1.807, 2.05) is 6.92 Å². The quantitative estimate of drug-likeness (QED) is 0.698. The summed E-state index contributed by atoms with van der Waals surface area (Å²) in [5.41, 5.74) is 0. The summed E-state index contributed by atoms with van der Waals surface area (Å²) >= 11 is 0. The maximum Gasteiger partial charge on any atom is 0.317 e. The van der Waals surface area contributed by atoms with Gasteiger partial charge < -0.3 is 15.2 Å². The second-order valence-electron chi connectivity index (χ2n) is 8.14. The predicted molar refractivity (Wildman–Crippen MR) is 100 cm³/mol. The van der Waals surface area contributed by atoms with Gasteiger partial charge in [0.2, 0.25) is 5.91 Å². The van der Waals surface area contributed by atoms with E-state index in [0.29, 0.717) is 31.5 Å². The Morgan fingerprint density at radius 3 is 2.77 bits per heavy atom. The van der Waals surface area contributed by atoms with Crippen LogP contribution >= 0.6 is 0 Å². The van der Waals surface area contributed by atoms with Crippen LogP contribution < -0.4 is 5.32 Å². The molecule has 7 heteroatoms. The van der Waals surface area contributed by atoms with Gasteiger partial charge in [-0.05, 0) is 32.2 Å². The van der Waals surface area contributed by atoms with Crippen molar-refractivity contribution in [1.29, 1.82) is 0 Å². The van der Waals surface area contributed by atoms with Crippen molar-refractivity contribution >= 4 is 11.9 Å². The van der Waals surface area contributed by atoms with Crippen molar-refractivity contribution in [1.82, 2.24) is 15.1 Å². The molecule has 1 aliphatic heterocycles. The van der Waals surface area contributed by atoms with Crippen LogP contribution in [0.3, 0.4) is 0 Å². The van der Waals surface area contributed by atoms with E-state index in [0.717, 1.165) is 13.0 Å². The molecular weight excluding hydrogens is 334 g/mol. The van der Waals surface area contributed by atoms with Crippen LogP contribution in [0.2, 0.25) is 0 Å². The number of rotatable bonds is 7. The van der Waals surface area contributed by atoms with Crippen LogP contribution in [0, 0.1) is 11.8 Å². The summed E-state index contributed by atoms with van der Waals surface area (Å²) in [6, 6.07) is 0.0721. The lowest BCUT2D eigenvalue weighted by molar-refractivity contribution is -0.138. The molecule has 1 heterocycles. The third kappa shape index (κ3) is 5.93. The van der Waals surface area contributed by atoms with E-state index >= 15 is 0 Å². The zero-order valence-corrected chi connectivity index (χ0v) is 16.6. The van der Waals surface area contributed by atoms with Crippen LogP contribution in [0.4, 0.5) is 0 Å². The van der Waals surface area contributed by atoms with Crippen molar-refractivity contribution < 1.29 is 19.4 Å². The van der Waals surface area contributed by atoms with E-state index in [-0.39, 0.29) is 30.6 Å². The second-order valence-corrected chi connectivity index (χ2v) is 8.14. The number of nitrogens with one attached hydrogen (secondary N) is 1. The average Bonchev–Trinajstić information content (AvgIpc) is 2.57. The van der Waals surface area contributed by atoms with Crippen molar-refractivity contribution in [2.45, 2.75) is 58.2 Å². The van der Waals surface area contributed by atoms with Crippen molar-refractivity contribution in [2.24, 2.45) is 11.8 Å². The molecule has 150 valence electrons. The fourth-order valence-corrected chi connectivity index (χ4v) is 4.10. The Morgan fingerprint density at radius 2 is 2.08 bits per heavy atom. The first-order valence-electron chi connectivity index (χ1n) is 9.84. The second kappa shape index (κ2) is 9.67. The van der Waals surface area contributed by atoms with Crippen molar-refractivity contribution in [3.8, 4) is 0 Å². The molecule has 2 rings (SSSR count). The number of carboxylic acid groups (broad SMARTS) is 1. The van der Waals surface area contributed by atoms with Gasteiger partial charge in [0, 0.05) is 25.7 Å². The molecule has 2 aliphatic rings. The van der Waals surface area contributed by atoms with Gasteiger partial charge in [0.15, 0.2) is 0 Å². The van der Waals surface area contributed by atoms with Crippen LogP contribution in [0.5, 0.6) is 0 Å². The minimum atomic E-state index is -0.844. The molecule has 2 N–H and O–H groups in total. The van der Waals surface area contributed by atoms with E-state index in [9.17, 15) is 9.59 Å². The van der Waals surface area contributed by atoms with Gasteiger partial charge in [0.25, 0.3) is 0 Å². The fraction of sp³-hybridized carbons (Fsp3) is 0.895. The van der Waals surface area contributed by atoms with Crippen molar-refractivity contribution in [3.05, 3.63) is 0 Å². The SMILES string of the molecule is CC1CCCC(NC(=O)C(C)N2CCOC(CN(C)CC(=O)O)C2)C1C. The summed E-state index contributed by atoms with van der Waals surface area (Å²) in [6.45, 7) is 8.95. The molecule has 1 saturated carbocycles. The number of nitrogens with zero attached hydrogens (tertiary/aromatic N) is 2. The van der Waals surface area contributed by atoms with Gasteiger partial charge in [-0.3, -0.25) is 19.4 Å². The summed E-state index contributed by atoms with van der Waals surface area (Å²) in [4.78, 5) is 27.5. The molecular formula is C19H35N3O4. The van der Waals surface area contributed by atoms with Crippen LogP contribution in [-0.4, -0.2) is 84.8 Å². The van der Waals surface area contributed by atoms with E-state index in [4.69, 9.17) is 9.84 Å². The Bertz CT molecular complexity index is 487. The highest BCUT2D eigenvalue weighted by molar-refractivity contribution is 5.81. The minimum absolute atomic E-state index is 0.00630. The van der Waals surface area contributed by atoms with Gasteiger partial charge in [-0.1, -0.05) is 26.7 Å². The standard InChI is InChI=1S/C19H35N3O4/c1-13-6-5-7-17(14(13)2)20-19(25)15(3)22-8-9-26-16(11-22)10-21(4)12-18(23)24/h13-17H,5-12H2,1-4H3,(H,20,25)(H,23,24). The lowest BCUT2D eigenvalue weighted by Gasteiger charge is -2.39. The molecule has 0 aromatic rings. The Kier molecular flexibility index (Phi) is 7.85. The lowest BCUT2D eigenvalue weighted by atomic mass is 9.78. The van der Waals surface area contributed by atoms with E-state index in [2.05, 4.69) is 24.1 Å². The number of amides is 1. The minimum Gasteiger partial charge on any atom is -0.480 e. The zero-order valence-electron chi connectivity index (χ0n) is 16.6. The molecule has 5 atom stereocenters. The lowest BCUT2D eigenvalue weighted by Crippen LogP contribution is -2.56. The van der Waals surface area contributed by atoms with Crippen molar-refractivity contribution in [2.75, 3.05) is 39.8 Å². The van der Waals surface area contributed by atoms with E-state index < -0.39 is 5.97 Å². The monoisotopic (exact) mass is 369 g/mol. The molecule has 1 saturated heterocycles. The molecule has 0 aromatic heterocycles. The average molecular weight is 370 g/mol. The number of carboxylic acids is 1. The maximum atomic E-state index is 12.8. The molecule has 0 aromatic carbocycles. The number of hydrogen-bond acceptors (Lipinski definition) is 5. The Labute approximate surface area is 157 Å². The first-order valence-corrected chi connectivity index (χ1v) is 9.84. The molecule has 0 spiro atoms. The largest absolute Gasteiger partial charge is 0.480 e. The third-order valence-electron chi connectivity index (χ3n) is 6.05. The number of likely N-dealkylation sites (N-methyl/N-ethyl adjacent to an activating group) is 1. The highest BCUT2D eigenvalue weighted by atomic mass is 16.5. The molecule has 1 aliphatic carbocycles. The first-order chi connectivity index (χ1) is 12.3. The molecule has 0 bridgehead atoms. The van der Waals surface area contributed by atoms with Crippen LogP contribution in [0.25, 0.3) is 0 Å². The third-order valence-corrected chi connectivity index (χ3v) is 6.05. The Balaban J connectivity index is 1.84. The molecule has 0 radical (unpaired) electrons. The van der Waals surface area contributed by atoms with Gasteiger partial charge in [-0.25, -0.2) is 0 Å². The smallest absolute Gasteiger partial charge is 0.317 e. The predicted octanol–water partition coefficient (Wildman–Crippen LogP) is 1.03. The number of morpholine rings is 1. The number of carbonyl (C=O) groups excluding carboxylic acids is 1. The number of carbonyl (C=O) groups is 2. The van der Waals surface area contributed by atoms with Gasteiger partial charge in [0.05, 0.1) is 25.3 Å². The Morgan fingerprint density at radius 1 is 1.35 bits per heavy atom. The summed E-state index contributed by atoms with van der Waals surface area (Å²) in [6.07, 6.45) is 3.42. The number of hydrogen-bond donors (Lipinski definition) is 2. The van der Waals surface area contributed by atoms with Gasteiger partial charge >= 0.3 is 5.97 Å². The summed E-state index contributed by atoms with van der Waals surface area (Å²) in [5, 5.41) is 12.1. The maximum absolute atomic E-state index is 12.8. The molecule has 1 amide bonds. The van der Waals surface area contributed by atoms with Gasteiger partial charge in [-0.2, -0.15) is 0 Å². The Hall–Kier alpha value is -1.18. The van der Waals surface area contributed by atoms with E-state index in [1.54, 1.807) is 11.9 Å². The topological polar surface area (TPSA) is 82.1 Å². The summed E-state index contributed by atoms with van der Waals surface area (Å²) in [5.74, 6) is 0.420. The first kappa shape index (κ1) is 21.1.